The average Bonchev–Trinajstić information content (AvgIpc) is 3.23. The van der Waals surface area contributed by atoms with E-state index >= 15 is 0 Å². The predicted octanol–water partition coefficient (Wildman–Crippen LogP) is 4.46. The number of rotatable bonds is 7. The Labute approximate surface area is 188 Å². The summed E-state index contributed by atoms with van der Waals surface area (Å²) in [6.07, 6.45) is 12.4. The number of aromatic amines is 1. The number of aliphatic imine (C=N–C) groups is 1. The van der Waals surface area contributed by atoms with E-state index in [0.717, 1.165) is 41.7 Å². The van der Waals surface area contributed by atoms with E-state index in [2.05, 4.69) is 43.0 Å². The van der Waals surface area contributed by atoms with E-state index in [9.17, 15) is 4.79 Å². The van der Waals surface area contributed by atoms with Crippen LogP contribution in [0.2, 0.25) is 0 Å². The van der Waals surface area contributed by atoms with Crippen LogP contribution in [0.15, 0.2) is 66.2 Å². The van der Waals surface area contributed by atoms with Gasteiger partial charge in [0.05, 0.1) is 5.52 Å². The van der Waals surface area contributed by atoms with Gasteiger partial charge >= 0.3 is 0 Å². The first-order valence-electron chi connectivity index (χ1n) is 10.9. The highest BCUT2D eigenvalue weighted by Gasteiger charge is 2.16. The standard InChI is InChI=1S/C25H28N6O/c1-3-9-26-14-18(2)28-25(32)24-22-13-20(7-8-23(22)29-30-24)21-12-19(15-27-16-21)17-31-10-5-4-6-11-31/h3,7-9,12-16H,1,4-6,10-11,17H2,2H3,(H,28,32)(H,29,30)/b18-14+,26-9-. The number of pyridine rings is 1. The summed E-state index contributed by atoms with van der Waals surface area (Å²) in [5, 5.41) is 10.8. The molecule has 3 aromatic rings. The van der Waals surface area contributed by atoms with Gasteiger partial charge < -0.3 is 5.32 Å². The lowest BCUT2D eigenvalue weighted by Gasteiger charge is -2.26. The zero-order valence-corrected chi connectivity index (χ0v) is 18.3. The zero-order chi connectivity index (χ0) is 22.3. The molecule has 2 aromatic heterocycles. The fourth-order valence-electron chi connectivity index (χ4n) is 3.96. The number of allylic oxidation sites excluding steroid dienone is 2. The molecular formula is C25H28N6O. The summed E-state index contributed by atoms with van der Waals surface area (Å²) >= 11 is 0. The molecule has 4 rings (SSSR count). The zero-order valence-electron chi connectivity index (χ0n) is 18.3. The minimum Gasteiger partial charge on any atom is -0.323 e. The predicted molar refractivity (Wildman–Crippen MR) is 128 cm³/mol. The van der Waals surface area contributed by atoms with Crippen LogP contribution in [0.4, 0.5) is 0 Å². The number of hydrogen-bond acceptors (Lipinski definition) is 5. The molecular weight excluding hydrogens is 400 g/mol. The van der Waals surface area contributed by atoms with Crippen molar-refractivity contribution in [2.24, 2.45) is 4.99 Å². The van der Waals surface area contributed by atoms with Crippen LogP contribution in [-0.2, 0) is 6.54 Å². The maximum absolute atomic E-state index is 12.8. The number of carbonyl (C=O) groups excluding carboxylic acids is 1. The number of fused-ring (bicyclic) bond motifs is 1. The molecule has 0 spiro atoms. The van der Waals surface area contributed by atoms with Gasteiger partial charge in [0.2, 0.25) is 0 Å². The van der Waals surface area contributed by atoms with E-state index in [1.165, 1.54) is 24.8 Å². The van der Waals surface area contributed by atoms with Crippen LogP contribution in [0, 0.1) is 0 Å². The van der Waals surface area contributed by atoms with E-state index in [-0.39, 0.29) is 5.91 Å². The largest absolute Gasteiger partial charge is 0.323 e. The highest BCUT2D eigenvalue weighted by Crippen LogP contribution is 2.26. The maximum atomic E-state index is 12.8. The van der Waals surface area contributed by atoms with Gasteiger partial charge in [0, 0.05) is 48.0 Å². The molecule has 2 N–H and O–H groups in total. The van der Waals surface area contributed by atoms with Crippen LogP contribution in [0.3, 0.4) is 0 Å². The van der Waals surface area contributed by atoms with Crippen LogP contribution in [0.25, 0.3) is 22.0 Å². The van der Waals surface area contributed by atoms with Gasteiger partial charge in [-0.05, 0) is 62.2 Å². The lowest BCUT2D eigenvalue weighted by atomic mass is 10.0. The Morgan fingerprint density at radius 2 is 2.06 bits per heavy atom. The average molecular weight is 429 g/mol. The quantitative estimate of drug-likeness (QED) is 0.544. The Bertz CT molecular complexity index is 1170. The molecule has 0 saturated carbocycles. The first-order chi connectivity index (χ1) is 15.6. The highest BCUT2D eigenvalue weighted by molar-refractivity contribution is 6.06. The Morgan fingerprint density at radius 3 is 2.88 bits per heavy atom. The first-order valence-corrected chi connectivity index (χ1v) is 10.9. The summed E-state index contributed by atoms with van der Waals surface area (Å²) in [7, 11) is 0. The number of hydrogen-bond donors (Lipinski definition) is 2. The summed E-state index contributed by atoms with van der Waals surface area (Å²) in [6, 6.07) is 8.15. The van der Waals surface area contributed by atoms with Gasteiger partial charge in [-0.15, -0.1) is 0 Å². The molecule has 1 saturated heterocycles. The summed E-state index contributed by atoms with van der Waals surface area (Å²) in [5.74, 6) is -0.284. The Morgan fingerprint density at radius 1 is 1.22 bits per heavy atom. The van der Waals surface area contributed by atoms with Gasteiger partial charge in [0.1, 0.15) is 0 Å². The van der Waals surface area contributed by atoms with Gasteiger partial charge in [-0.1, -0.05) is 25.1 Å². The number of piperidine rings is 1. The van der Waals surface area contributed by atoms with Gasteiger partial charge in [-0.2, -0.15) is 5.10 Å². The van der Waals surface area contributed by atoms with Gasteiger partial charge in [0.25, 0.3) is 5.91 Å². The number of likely N-dealkylation sites (tertiary alicyclic amines) is 1. The molecule has 32 heavy (non-hydrogen) atoms. The molecule has 0 atom stereocenters. The second-order valence-corrected chi connectivity index (χ2v) is 8.05. The molecule has 1 fully saturated rings. The van der Waals surface area contributed by atoms with Crippen molar-refractivity contribution in [3.8, 4) is 11.1 Å². The van der Waals surface area contributed by atoms with Gasteiger partial charge in [0.15, 0.2) is 5.69 Å². The lowest BCUT2D eigenvalue weighted by Crippen LogP contribution is -2.29. The van der Waals surface area contributed by atoms with E-state index in [0.29, 0.717) is 11.4 Å². The van der Waals surface area contributed by atoms with Crippen molar-refractivity contribution in [1.29, 1.82) is 0 Å². The lowest BCUT2D eigenvalue weighted by molar-refractivity contribution is 0.0962. The van der Waals surface area contributed by atoms with E-state index in [1.807, 2.05) is 30.6 Å². The van der Waals surface area contributed by atoms with Crippen LogP contribution in [-0.4, -0.2) is 45.3 Å². The Kier molecular flexibility index (Phi) is 6.87. The van der Waals surface area contributed by atoms with Gasteiger partial charge in [-0.3, -0.25) is 24.8 Å². The molecule has 1 amide bonds. The molecule has 1 aliphatic heterocycles. The van der Waals surface area contributed by atoms with Gasteiger partial charge in [-0.25, -0.2) is 0 Å². The molecule has 0 aliphatic carbocycles. The number of aromatic nitrogens is 3. The van der Waals surface area contributed by atoms with Crippen LogP contribution < -0.4 is 5.32 Å². The summed E-state index contributed by atoms with van der Waals surface area (Å²) in [4.78, 5) is 23.8. The summed E-state index contributed by atoms with van der Waals surface area (Å²) in [6.45, 7) is 8.57. The monoisotopic (exact) mass is 428 g/mol. The minimum atomic E-state index is -0.284. The summed E-state index contributed by atoms with van der Waals surface area (Å²) in [5.41, 5.74) is 5.01. The van der Waals surface area contributed by atoms with Crippen LogP contribution >= 0.6 is 0 Å². The van der Waals surface area contributed by atoms with Crippen molar-refractivity contribution >= 4 is 23.0 Å². The smallest absolute Gasteiger partial charge is 0.276 e. The van der Waals surface area contributed by atoms with E-state index < -0.39 is 0 Å². The van der Waals surface area contributed by atoms with Crippen molar-refractivity contribution in [2.75, 3.05) is 13.1 Å². The molecule has 7 heteroatoms. The van der Waals surface area contributed by atoms with Crippen molar-refractivity contribution in [2.45, 2.75) is 32.7 Å². The number of H-pyrrole nitrogens is 1. The molecule has 0 unspecified atom stereocenters. The fraction of sp³-hybridized carbons (Fsp3) is 0.280. The third-order valence-corrected chi connectivity index (χ3v) is 5.53. The molecule has 0 bridgehead atoms. The van der Waals surface area contributed by atoms with Crippen LogP contribution in [0.5, 0.6) is 0 Å². The Balaban J connectivity index is 1.56. The second kappa shape index (κ2) is 10.2. The van der Waals surface area contributed by atoms with E-state index in [4.69, 9.17) is 0 Å². The van der Waals surface area contributed by atoms with Crippen LogP contribution in [0.1, 0.15) is 42.2 Å². The SMILES string of the molecule is C=C/C=N\C=C(/C)NC(=O)c1n[nH]c2ccc(-c3cncc(CN4CCCCC4)c3)cc12. The third-order valence-electron chi connectivity index (χ3n) is 5.53. The van der Waals surface area contributed by atoms with Crippen molar-refractivity contribution in [3.63, 3.8) is 0 Å². The Hall–Kier alpha value is -3.58. The number of carbonyl (C=O) groups is 1. The third kappa shape index (κ3) is 5.18. The van der Waals surface area contributed by atoms with E-state index in [1.54, 1.807) is 25.4 Å². The highest BCUT2D eigenvalue weighted by atomic mass is 16.1. The summed E-state index contributed by atoms with van der Waals surface area (Å²) < 4.78 is 0. The maximum Gasteiger partial charge on any atom is 0.276 e. The number of amides is 1. The molecule has 7 nitrogen and oxygen atoms in total. The normalized spacial score (nSPS) is 15.3. The number of nitrogens with one attached hydrogen (secondary N) is 2. The van der Waals surface area contributed by atoms with Crippen molar-refractivity contribution in [1.82, 2.24) is 25.4 Å². The molecule has 1 aliphatic rings. The molecule has 0 radical (unpaired) electrons. The number of nitrogens with zero attached hydrogens (tertiary/aromatic N) is 4. The molecule has 164 valence electrons. The molecule has 3 heterocycles. The topological polar surface area (TPSA) is 86.3 Å². The second-order valence-electron chi connectivity index (χ2n) is 8.05. The minimum absolute atomic E-state index is 0.284. The molecule has 1 aromatic carbocycles. The van der Waals surface area contributed by atoms with Crippen molar-refractivity contribution in [3.05, 3.63) is 72.5 Å². The number of benzene rings is 1. The first kappa shape index (κ1) is 21.6. The van der Waals surface area contributed by atoms with Crippen molar-refractivity contribution < 1.29 is 4.79 Å². The fourth-order valence-corrected chi connectivity index (χ4v) is 3.96.